The summed E-state index contributed by atoms with van der Waals surface area (Å²) in [5.41, 5.74) is 5.24. The standard InChI is InChI=1S/C19H23N5O4S2/c1-6-7-24-14(20)13(17(27)23(5)19(24)28)11(25)8-29-18-21-15-12(16(26)22(18)4)9(2)10(3)30-15/h6-8,20H2,1-5H3. The van der Waals surface area contributed by atoms with Crippen molar-refractivity contribution in [1.82, 2.24) is 18.7 Å². The van der Waals surface area contributed by atoms with Crippen LogP contribution in [0.5, 0.6) is 0 Å². The number of thiophene rings is 1. The van der Waals surface area contributed by atoms with Gasteiger partial charge in [-0.3, -0.25) is 28.1 Å². The third-order valence-electron chi connectivity index (χ3n) is 5.01. The maximum Gasteiger partial charge on any atom is 0.332 e. The van der Waals surface area contributed by atoms with Gasteiger partial charge in [0.25, 0.3) is 11.1 Å². The minimum absolute atomic E-state index is 0.127. The summed E-state index contributed by atoms with van der Waals surface area (Å²) >= 11 is 2.49. The number of hydrogen-bond acceptors (Lipinski definition) is 8. The number of hydrogen-bond donors (Lipinski definition) is 1. The van der Waals surface area contributed by atoms with Gasteiger partial charge in [0.15, 0.2) is 10.9 Å². The molecular weight excluding hydrogens is 426 g/mol. The number of aromatic nitrogens is 4. The number of ketones is 1. The smallest absolute Gasteiger partial charge is 0.332 e. The first kappa shape index (κ1) is 22.0. The van der Waals surface area contributed by atoms with E-state index in [0.717, 1.165) is 26.8 Å². The summed E-state index contributed by atoms with van der Waals surface area (Å²) in [6.45, 7) is 5.99. The third-order valence-corrected chi connectivity index (χ3v) is 7.14. The third kappa shape index (κ3) is 3.52. The quantitative estimate of drug-likeness (QED) is 0.343. The number of Topliss-reactive ketones (excluding diaryl/α,β-unsaturated/α-hetero) is 1. The summed E-state index contributed by atoms with van der Waals surface area (Å²) in [6, 6.07) is 0. The lowest BCUT2D eigenvalue weighted by atomic mass is 10.2. The first-order valence-corrected chi connectivity index (χ1v) is 11.1. The van der Waals surface area contributed by atoms with Gasteiger partial charge in [-0.2, -0.15) is 0 Å². The summed E-state index contributed by atoms with van der Waals surface area (Å²) in [5, 5.41) is 0.958. The van der Waals surface area contributed by atoms with Gasteiger partial charge in [0, 0.05) is 25.5 Å². The molecule has 3 aromatic heterocycles. The zero-order valence-corrected chi connectivity index (χ0v) is 19.1. The maximum atomic E-state index is 12.9. The van der Waals surface area contributed by atoms with E-state index in [1.807, 2.05) is 20.8 Å². The summed E-state index contributed by atoms with van der Waals surface area (Å²) in [4.78, 5) is 56.5. The number of fused-ring (bicyclic) bond motifs is 1. The Bertz CT molecular complexity index is 1350. The van der Waals surface area contributed by atoms with Crippen molar-refractivity contribution in [1.29, 1.82) is 0 Å². The molecule has 0 unspecified atom stereocenters. The molecule has 0 bridgehead atoms. The Kier molecular flexibility index (Phi) is 6.04. The predicted octanol–water partition coefficient (Wildman–Crippen LogP) is 1.44. The number of thioether (sulfide) groups is 1. The number of rotatable bonds is 6. The molecule has 3 aromatic rings. The SMILES string of the molecule is CCCn1c(N)c(C(=O)CSc2nc3sc(C)c(C)c3c(=O)n2C)c(=O)n(C)c1=O. The normalized spacial score (nSPS) is 11.4. The first-order valence-electron chi connectivity index (χ1n) is 9.32. The van der Waals surface area contributed by atoms with E-state index in [-0.39, 0.29) is 22.7 Å². The molecule has 11 heteroatoms. The van der Waals surface area contributed by atoms with Crippen LogP contribution in [0.4, 0.5) is 5.82 Å². The largest absolute Gasteiger partial charge is 0.384 e. The second-order valence-corrected chi connectivity index (χ2v) is 9.14. The Morgan fingerprint density at radius 3 is 2.43 bits per heavy atom. The molecule has 160 valence electrons. The highest BCUT2D eigenvalue weighted by Gasteiger charge is 2.22. The number of aryl methyl sites for hydroxylation is 2. The Morgan fingerprint density at radius 2 is 1.80 bits per heavy atom. The molecule has 3 rings (SSSR count). The lowest BCUT2D eigenvalue weighted by Crippen LogP contribution is -2.42. The lowest BCUT2D eigenvalue weighted by Gasteiger charge is -2.14. The van der Waals surface area contributed by atoms with Crippen LogP contribution in [0.25, 0.3) is 10.2 Å². The van der Waals surface area contributed by atoms with Gasteiger partial charge in [-0.1, -0.05) is 18.7 Å². The van der Waals surface area contributed by atoms with Crippen molar-refractivity contribution in [3.63, 3.8) is 0 Å². The van der Waals surface area contributed by atoms with Crippen molar-refractivity contribution in [2.45, 2.75) is 38.9 Å². The molecule has 0 aliphatic carbocycles. The lowest BCUT2D eigenvalue weighted by molar-refractivity contribution is 0.102. The highest BCUT2D eigenvalue weighted by atomic mass is 32.2. The van der Waals surface area contributed by atoms with Crippen LogP contribution in [0, 0.1) is 13.8 Å². The van der Waals surface area contributed by atoms with Gasteiger partial charge < -0.3 is 5.73 Å². The van der Waals surface area contributed by atoms with E-state index >= 15 is 0 Å². The summed E-state index contributed by atoms with van der Waals surface area (Å²) in [6.07, 6.45) is 0.621. The van der Waals surface area contributed by atoms with Gasteiger partial charge in [0.2, 0.25) is 0 Å². The monoisotopic (exact) mass is 449 g/mol. The van der Waals surface area contributed by atoms with Gasteiger partial charge in [0.05, 0.1) is 11.1 Å². The molecule has 0 fully saturated rings. The number of nitrogens with two attached hydrogens (primary N) is 1. The van der Waals surface area contributed by atoms with Gasteiger partial charge in [-0.05, 0) is 25.8 Å². The Hall–Kier alpha value is -2.66. The molecule has 0 amide bonds. The minimum Gasteiger partial charge on any atom is -0.384 e. The second kappa shape index (κ2) is 8.23. The van der Waals surface area contributed by atoms with E-state index in [1.54, 1.807) is 7.05 Å². The minimum atomic E-state index is -0.725. The van der Waals surface area contributed by atoms with Crippen molar-refractivity contribution in [2.75, 3.05) is 11.5 Å². The highest BCUT2D eigenvalue weighted by Crippen LogP contribution is 2.28. The zero-order valence-electron chi connectivity index (χ0n) is 17.4. The van der Waals surface area contributed by atoms with E-state index in [2.05, 4.69) is 4.98 Å². The van der Waals surface area contributed by atoms with E-state index in [9.17, 15) is 19.2 Å². The fraction of sp³-hybridized carbons (Fsp3) is 0.421. The van der Waals surface area contributed by atoms with Gasteiger partial charge in [-0.15, -0.1) is 11.3 Å². The highest BCUT2D eigenvalue weighted by molar-refractivity contribution is 7.99. The van der Waals surface area contributed by atoms with Crippen molar-refractivity contribution in [3.05, 3.63) is 47.2 Å². The molecule has 0 aromatic carbocycles. The van der Waals surface area contributed by atoms with Crippen LogP contribution in [0.15, 0.2) is 19.5 Å². The molecule has 9 nitrogen and oxygen atoms in total. The van der Waals surface area contributed by atoms with E-state index in [4.69, 9.17) is 5.73 Å². The van der Waals surface area contributed by atoms with Crippen LogP contribution in [-0.4, -0.2) is 30.2 Å². The van der Waals surface area contributed by atoms with Crippen LogP contribution in [0.3, 0.4) is 0 Å². The Morgan fingerprint density at radius 1 is 1.13 bits per heavy atom. The summed E-state index contributed by atoms with van der Waals surface area (Å²) in [5.74, 6) is -0.785. The van der Waals surface area contributed by atoms with Crippen molar-refractivity contribution in [2.24, 2.45) is 14.1 Å². The van der Waals surface area contributed by atoms with Crippen LogP contribution in [-0.2, 0) is 20.6 Å². The molecule has 0 saturated heterocycles. The molecule has 0 radical (unpaired) electrons. The molecule has 0 spiro atoms. The zero-order chi connectivity index (χ0) is 22.3. The van der Waals surface area contributed by atoms with Crippen molar-refractivity contribution < 1.29 is 4.79 Å². The molecule has 3 heterocycles. The molecule has 0 aliphatic heterocycles. The maximum absolute atomic E-state index is 12.9. The van der Waals surface area contributed by atoms with Crippen LogP contribution in [0.2, 0.25) is 0 Å². The summed E-state index contributed by atoms with van der Waals surface area (Å²) < 4.78 is 3.52. The average molecular weight is 450 g/mol. The van der Waals surface area contributed by atoms with Gasteiger partial charge in [-0.25, -0.2) is 9.78 Å². The predicted molar refractivity (Wildman–Crippen MR) is 120 cm³/mol. The molecule has 2 N–H and O–H groups in total. The fourth-order valence-electron chi connectivity index (χ4n) is 3.17. The van der Waals surface area contributed by atoms with Crippen LogP contribution in [0.1, 0.15) is 34.1 Å². The number of anilines is 1. The first-order chi connectivity index (χ1) is 14.1. The topological polar surface area (TPSA) is 122 Å². The fourth-order valence-corrected chi connectivity index (χ4v) is 5.09. The van der Waals surface area contributed by atoms with Gasteiger partial charge >= 0.3 is 5.69 Å². The van der Waals surface area contributed by atoms with Crippen LogP contribution < -0.4 is 22.5 Å². The Labute approximate surface area is 180 Å². The number of nitrogens with zero attached hydrogens (tertiary/aromatic N) is 4. The number of carbonyl (C=O) groups excluding carboxylic acids is 1. The number of nitrogen functional groups attached to an aromatic ring is 1. The van der Waals surface area contributed by atoms with Gasteiger partial charge in [0.1, 0.15) is 16.2 Å². The van der Waals surface area contributed by atoms with E-state index < -0.39 is 17.0 Å². The number of carbonyl (C=O) groups is 1. The average Bonchev–Trinajstić information content (AvgIpc) is 2.99. The molecular formula is C19H23N5O4S2. The van der Waals surface area contributed by atoms with Crippen LogP contribution >= 0.6 is 23.1 Å². The molecule has 0 aliphatic rings. The molecule has 0 atom stereocenters. The van der Waals surface area contributed by atoms with Crippen molar-refractivity contribution in [3.8, 4) is 0 Å². The Balaban J connectivity index is 1.99. The summed E-state index contributed by atoms with van der Waals surface area (Å²) in [7, 11) is 2.92. The van der Waals surface area contributed by atoms with Crippen molar-refractivity contribution >= 4 is 44.9 Å². The molecule has 30 heavy (non-hydrogen) atoms. The van der Waals surface area contributed by atoms with E-state index in [0.29, 0.717) is 28.3 Å². The molecule has 0 saturated carbocycles. The van der Waals surface area contributed by atoms with E-state index in [1.165, 1.54) is 27.5 Å². The second-order valence-electron chi connectivity index (χ2n) is 6.99.